The molecule has 0 saturated carbocycles. The van der Waals surface area contributed by atoms with Crippen molar-refractivity contribution in [1.29, 1.82) is 0 Å². The number of aryl methyl sites for hydroxylation is 3. The summed E-state index contributed by atoms with van der Waals surface area (Å²) in [5.41, 5.74) is 4.27. The molecule has 0 bridgehead atoms. The lowest BCUT2D eigenvalue weighted by atomic mass is 9.86. The van der Waals surface area contributed by atoms with Gasteiger partial charge < -0.3 is 24.1 Å². The van der Waals surface area contributed by atoms with E-state index in [4.69, 9.17) is 23.9 Å². The average Bonchev–Trinajstić information content (AvgIpc) is 3.10. The van der Waals surface area contributed by atoms with Crippen molar-refractivity contribution in [3.8, 4) is 17.1 Å². The van der Waals surface area contributed by atoms with E-state index in [1.165, 1.54) is 0 Å². The van der Waals surface area contributed by atoms with E-state index in [1.54, 1.807) is 7.11 Å². The minimum Gasteiger partial charge on any atom is -0.495 e. The maximum Gasteiger partial charge on any atom is 0.227 e. The van der Waals surface area contributed by atoms with Gasteiger partial charge in [0.25, 0.3) is 0 Å². The Morgan fingerprint density at radius 2 is 1.91 bits per heavy atom. The molecule has 1 N–H and O–H groups in total. The van der Waals surface area contributed by atoms with Crippen LogP contribution in [0.4, 0.5) is 17.5 Å². The predicted molar refractivity (Wildman–Crippen MR) is 129 cm³/mol. The Morgan fingerprint density at radius 3 is 2.59 bits per heavy atom. The van der Waals surface area contributed by atoms with Gasteiger partial charge in [-0.25, -0.2) is 19.9 Å². The largest absolute Gasteiger partial charge is 0.495 e. The number of benzene rings is 1. The molecule has 0 amide bonds. The Labute approximate surface area is 197 Å². The molecule has 9 heteroatoms. The number of methoxy groups -OCH3 is 1. The summed E-state index contributed by atoms with van der Waals surface area (Å²) >= 11 is 0. The minimum atomic E-state index is 0.0153. The van der Waals surface area contributed by atoms with Crippen molar-refractivity contribution in [2.24, 2.45) is 0 Å². The highest BCUT2D eigenvalue weighted by Gasteiger charge is 2.50. The zero-order chi connectivity index (χ0) is 23.4. The van der Waals surface area contributed by atoms with Crippen LogP contribution in [0.25, 0.3) is 22.2 Å². The second kappa shape index (κ2) is 7.66. The lowest BCUT2D eigenvalue weighted by Crippen LogP contribution is -2.68. The summed E-state index contributed by atoms with van der Waals surface area (Å²) in [6.45, 7) is 8.31. The SMILES string of the molecule is COc1cc(-c2oc(C)nc2C)ccc1Nc1ncc2cc(C)nc(N3CC4(CCO4)C3)c2n1. The number of hydrogen-bond donors (Lipinski definition) is 1. The number of ether oxygens (including phenoxy) is 2. The molecule has 0 radical (unpaired) electrons. The van der Waals surface area contributed by atoms with E-state index in [1.807, 2.05) is 51.2 Å². The molecule has 0 unspecified atom stereocenters. The molecule has 0 aliphatic carbocycles. The van der Waals surface area contributed by atoms with Gasteiger partial charge in [0, 0.05) is 36.2 Å². The molecule has 3 aromatic heterocycles. The third-order valence-electron chi connectivity index (χ3n) is 6.51. The summed E-state index contributed by atoms with van der Waals surface area (Å²) in [6.07, 6.45) is 2.94. The van der Waals surface area contributed by atoms with Gasteiger partial charge in [0.05, 0.1) is 38.2 Å². The number of anilines is 3. The number of aromatic nitrogens is 4. The van der Waals surface area contributed by atoms with Crippen molar-refractivity contribution >= 4 is 28.4 Å². The monoisotopic (exact) mass is 458 g/mol. The van der Waals surface area contributed by atoms with E-state index in [9.17, 15) is 0 Å². The highest BCUT2D eigenvalue weighted by atomic mass is 16.5. The molecule has 0 atom stereocenters. The van der Waals surface area contributed by atoms with E-state index in [2.05, 4.69) is 20.2 Å². The first-order valence-corrected chi connectivity index (χ1v) is 11.4. The maximum absolute atomic E-state index is 5.79. The van der Waals surface area contributed by atoms with Crippen LogP contribution in [0.15, 0.2) is 34.9 Å². The quantitative estimate of drug-likeness (QED) is 0.468. The fourth-order valence-electron chi connectivity index (χ4n) is 4.73. The van der Waals surface area contributed by atoms with E-state index in [-0.39, 0.29) is 5.60 Å². The zero-order valence-electron chi connectivity index (χ0n) is 19.7. The fraction of sp³-hybridized carbons (Fsp3) is 0.360. The van der Waals surface area contributed by atoms with Crippen LogP contribution in [-0.2, 0) is 4.74 Å². The van der Waals surface area contributed by atoms with Crippen molar-refractivity contribution in [3.63, 3.8) is 0 Å². The zero-order valence-corrected chi connectivity index (χ0v) is 19.7. The third-order valence-corrected chi connectivity index (χ3v) is 6.51. The lowest BCUT2D eigenvalue weighted by Gasteiger charge is -2.55. The molecular formula is C25H26N6O3. The number of pyridine rings is 1. The van der Waals surface area contributed by atoms with Crippen molar-refractivity contribution in [1.82, 2.24) is 19.9 Å². The fourth-order valence-corrected chi connectivity index (χ4v) is 4.73. The predicted octanol–water partition coefficient (Wildman–Crippen LogP) is 4.34. The summed E-state index contributed by atoms with van der Waals surface area (Å²) in [7, 11) is 1.64. The molecule has 2 fully saturated rings. The van der Waals surface area contributed by atoms with Crippen LogP contribution in [0, 0.1) is 20.8 Å². The van der Waals surface area contributed by atoms with Crippen molar-refractivity contribution < 1.29 is 13.9 Å². The first-order valence-electron chi connectivity index (χ1n) is 11.4. The number of rotatable bonds is 5. The molecule has 9 nitrogen and oxygen atoms in total. The standard InChI is InChI=1S/C25H26N6O3/c1-14-9-18-11-26-24(30-21(18)23(27-14)31-12-25(13-31)7-8-33-25)29-19-6-5-17(10-20(19)32-4)22-15(2)28-16(3)34-22/h5-6,9-11H,7-8,12-13H2,1-4H3,(H,26,29,30). The van der Waals surface area contributed by atoms with Crippen LogP contribution in [0.2, 0.25) is 0 Å². The Bertz CT molecular complexity index is 1400. The van der Waals surface area contributed by atoms with Gasteiger partial charge >= 0.3 is 0 Å². The van der Waals surface area contributed by atoms with Gasteiger partial charge in [0.1, 0.15) is 16.9 Å². The van der Waals surface area contributed by atoms with Crippen molar-refractivity contribution in [2.75, 3.05) is 37.0 Å². The number of nitrogens with one attached hydrogen (secondary N) is 1. The molecular weight excluding hydrogens is 432 g/mol. The van der Waals surface area contributed by atoms with Crippen molar-refractivity contribution in [2.45, 2.75) is 32.8 Å². The summed E-state index contributed by atoms with van der Waals surface area (Å²) in [4.78, 5) is 20.8. The Kier molecular flexibility index (Phi) is 4.70. The topological polar surface area (TPSA) is 98.4 Å². The van der Waals surface area contributed by atoms with Gasteiger partial charge in [0.15, 0.2) is 17.5 Å². The van der Waals surface area contributed by atoms with E-state index >= 15 is 0 Å². The molecule has 4 aromatic rings. The highest BCUT2D eigenvalue weighted by molar-refractivity contribution is 5.90. The van der Waals surface area contributed by atoms with Gasteiger partial charge in [-0.2, -0.15) is 0 Å². The van der Waals surface area contributed by atoms with Gasteiger partial charge in [-0.3, -0.25) is 0 Å². The van der Waals surface area contributed by atoms with E-state index in [0.717, 1.165) is 71.2 Å². The average molecular weight is 459 g/mol. The lowest BCUT2D eigenvalue weighted by molar-refractivity contribution is -0.161. The second-order valence-corrected chi connectivity index (χ2v) is 9.04. The van der Waals surface area contributed by atoms with Gasteiger partial charge in [-0.1, -0.05) is 0 Å². The van der Waals surface area contributed by atoms with Crippen molar-refractivity contribution in [3.05, 3.63) is 47.7 Å². The van der Waals surface area contributed by atoms with Crippen LogP contribution in [0.1, 0.15) is 23.7 Å². The molecule has 1 aromatic carbocycles. The van der Waals surface area contributed by atoms with Crippen LogP contribution in [-0.4, -0.2) is 52.3 Å². The molecule has 34 heavy (non-hydrogen) atoms. The summed E-state index contributed by atoms with van der Waals surface area (Å²) in [6, 6.07) is 7.83. The molecule has 2 aliphatic rings. The third kappa shape index (κ3) is 3.43. The summed E-state index contributed by atoms with van der Waals surface area (Å²) in [5.74, 6) is 3.38. The Balaban J connectivity index is 1.32. The molecule has 174 valence electrons. The number of oxazole rings is 1. The molecule has 6 rings (SSSR count). The number of fused-ring (bicyclic) bond motifs is 1. The second-order valence-electron chi connectivity index (χ2n) is 9.04. The maximum atomic E-state index is 5.79. The van der Waals surface area contributed by atoms with Gasteiger partial charge in [-0.15, -0.1) is 0 Å². The Hall–Kier alpha value is -3.72. The van der Waals surface area contributed by atoms with E-state index in [0.29, 0.717) is 17.6 Å². The normalized spacial score (nSPS) is 16.4. The van der Waals surface area contributed by atoms with Crippen LogP contribution >= 0.6 is 0 Å². The first kappa shape index (κ1) is 20.9. The molecule has 2 aliphatic heterocycles. The summed E-state index contributed by atoms with van der Waals surface area (Å²) < 4.78 is 17.2. The Morgan fingerprint density at radius 1 is 1.09 bits per heavy atom. The molecule has 1 spiro atoms. The number of nitrogens with zero attached hydrogens (tertiary/aromatic N) is 5. The molecule has 5 heterocycles. The summed E-state index contributed by atoms with van der Waals surface area (Å²) in [5, 5.41) is 4.27. The minimum absolute atomic E-state index is 0.0153. The smallest absolute Gasteiger partial charge is 0.227 e. The first-order chi connectivity index (χ1) is 16.4. The van der Waals surface area contributed by atoms with E-state index < -0.39 is 0 Å². The van der Waals surface area contributed by atoms with Crippen LogP contribution in [0.5, 0.6) is 5.75 Å². The van der Waals surface area contributed by atoms with Gasteiger partial charge in [-0.05, 0) is 38.1 Å². The highest BCUT2D eigenvalue weighted by Crippen LogP contribution is 2.40. The molecule has 2 saturated heterocycles. The van der Waals surface area contributed by atoms with Crippen LogP contribution in [0.3, 0.4) is 0 Å². The van der Waals surface area contributed by atoms with Gasteiger partial charge in [0.2, 0.25) is 5.95 Å². The number of hydrogen-bond acceptors (Lipinski definition) is 9. The van der Waals surface area contributed by atoms with Crippen LogP contribution < -0.4 is 15.0 Å².